The highest BCUT2D eigenvalue weighted by Gasteiger charge is 2.17. The van der Waals surface area contributed by atoms with Gasteiger partial charge in [-0.2, -0.15) is 0 Å². The number of thiazole rings is 1. The molecule has 0 spiro atoms. The fraction of sp³-hybridized carbons (Fsp3) is 0.333. The van der Waals surface area contributed by atoms with Crippen molar-refractivity contribution in [1.29, 1.82) is 0 Å². The SMILES string of the molecule is Cc1cc(C(=O)Nc2nc3c(s2)CCCC3)ccc1Br. The summed E-state index contributed by atoms with van der Waals surface area (Å²) < 4.78 is 1.01. The summed E-state index contributed by atoms with van der Waals surface area (Å²) in [5, 5.41) is 3.64. The average molecular weight is 351 g/mol. The first-order chi connectivity index (χ1) is 9.63. The minimum absolute atomic E-state index is 0.0910. The molecule has 1 heterocycles. The number of hydrogen-bond donors (Lipinski definition) is 1. The Kier molecular flexibility index (Phi) is 3.89. The molecule has 1 aliphatic rings. The van der Waals surface area contributed by atoms with Crippen molar-refractivity contribution in [1.82, 2.24) is 4.98 Å². The van der Waals surface area contributed by atoms with E-state index < -0.39 is 0 Å². The second-order valence-electron chi connectivity index (χ2n) is 5.01. The summed E-state index contributed by atoms with van der Waals surface area (Å²) in [6, 6.07) is 5.60. The zero-order valence-corrected chi connectivity index (χ0v) is 13.6. The van der Waals surface area contributed by atoms with E-state index >= 15 is 0 Å². The number of benzene rings is 1. The monoisotopic (exact) mass is 350 g/mol. The van der Waals surface area contributed by atoms with E-state index in [-0.39, 0.29) is 5.91 Å². The summed E-state index contributed by atoms with van der Waals surface area (Å²) in [4.78, 5) is 18.1. The highest BCUT2D eigenvalue weighted by molar-refractivity contribution is 9.10. The molecule has 20 heavy (non-hydrogen) atoms. The molecule has 0 radical (unpaired) electrons. The smallest absolute Gasteiger partial charge is 0.257 e. The molecular weight excluding hydrogens is 336 g/mol. The predicted molar refractivity (Wildman–Crippen MR) is 85.6 cm³/mol. The zero-order valence-electron chi connectivity index (χ0n) is 11.2. The number of hydrogen-bond acceptors (Lipinski definition) is 3. The molecule has 0 atom stereocenters. The van der Waals surface area contributed by atoms with E-state index in [1.54, 1.807) is 11.3 Å². The van der Waals surface area contributed by atoms with E-state index in [1.165, 1.54) is 23.4 Å². The Bertz CT molecular complexity index is 642. The maximum atomic E-state index is 12.2. The molecule has 0 bridgehead atoms. The topological polar surface area (TPSA) is 42.0 Å². The van der Waals surface area contributed by atoms with Gasteiger partial charge in [0, 0.05) is 14.9 Å². The van der Waals surface area contributed by atoms with Gasteiger partial charge < -0.3 is 0 Å². The molecule has 1 aromatic carbocycles. The highest BCUT2D eigenvalue weighted by atomic mass is 79.9. The number of carbonyl (C=O) groups excluding carboxylic acids is 1. The van der Waals surface area contributed by atoms with Gasteiger partial charge in [-0.3, -0.25) is 10.1 Å². The predicted octanol–water partition coefficient (Wildman–Crippen LogP) is 4.35. The molecule has 3 rings (SSSR count). The third-order valence-corrected chi connectivity index (χ3v) is 5.45. The lowest BCUT2D eigenvalue weighted by Crippen LogP contribution is -2.12. The van der Waals surface area contributed by atoms with Crippen LogP contribution in [0.15, 0.2) is 22.7 Å². The fourth-order valence-electron chi connectivity index (χ4n) is 2.36. The van der Waals surface area contributed by atoms with Crippen LogP contribution in [0.4, 0.5) is 5.13 Å². The summed E-state index contributed by atoms with van der Waals surface area (Å²) in [5.74, 6) is -0.0910. The number of aromatic nitrogens is 1. The van der Waals surface area contributed by atoms with Gasteiger partial charge in [0.1, 0.15) is 0 Å². The number of fused-ring (bicyclic) bond motifs is 1. The van der Waals surface area contributed by atoms with Crippen LogP contribution in [0.3, 0.4) is 0 Å². The molecule has 0 saturated heterocycles. The van der Waals surface area contributed by atoms with Gasteiger partial charge in [0.2, 0.25) is 0 Å². The van der Waals surface area contributed by atoms with Crippen molar-refractivity contribution in [2.75, 3.05) is 5.32 Å². The third-order valence-electron chi connectivity index (χ3n) is 3.49. The molecule has 0 saturated carbocycles. The van der Waals surface area contributed by atoms with Gasteiger partial charge >= 0.3 is 0 Å². The van der Waals surface area contributed by atoms with Crippen LogP contribution in [0.2, 0.25) is 0 Å². The minimum Gasteiger partial charge on any atom is -0.298 e. The number of carbonyl (C=O) groups is 1. The zero-order chi connectivity index (χ0) is 14.1. The van der Waals surface area contributed by atoms with E-state index in [1.807, 2.05) is 25.1 Å². The number of nitrogens with one attached hydrogen (secondary N) is 1. The maximum absolute atomic E-state index is 12.2. The Balaban J connectivity index is 1.78. The van der Waals surface area contributed by atoms with Crippen molar-refractivity contribution in [2.24, 2.45) is 0 Å². The molecule has 0 unspecified atom stereocenters. The van der Waals surface area contributed by atoms with Crippen LogP contribution in [0.25, 0.3) is 0 Å². The number of halogens is 1. The number of amides is 1. The van der Waals surface area contributed by atoms with Crippen molar-refractivity contribution in [3.05, 3.63) is 44.4 Å². The van der Waals surface area contributed by atoms with Gasteiger partial charge in [-0.05, 0) is 56.4 Å². The summed E-state index contributed by atoms with van der Waals surface area (Å²) in [6.45, 7) is 1.98. The molecule has 1 aliphatic carbocycles. The van der Waals surface area contributed by atoms with E-state index in [4.69, 9.17) is 0 Å². The molecular formula is C15H15BrN2OS. The Morgan fingerprint density at radius 3 is 2.90 bits per heavy atom. The average Bonchev–Trinajstić information content (AvgIpc) is 2.83. The standard InChI is InChI=1S/C15H15BrN2OS/c1-9-8-10(6-7-11(9)16)14(19)18-15-17-12-4-2-3-5-13(12)20-15/h6-8H,2-5H2,1H3,(H,17,18,19). The van der Waals surface area contributed by atoms with Gasteiger partial charge in [0.15, 0.2) is 5.13 Å². The molecule has 3 nitrogen and oxygen atoms in total. The quantitative estimate of drug-likeness (QED) is 0.874. The summed E-state index contributed by atoms with van der Waals surface area (Å²) in [6.07, 6.45) is 4.57. The normalized spacial score (nSPS) is 13.9. The molecule has 5 heteroatoms. The van der Waals surface area contributed by atoms with Crippen LogP contribution >= 0.6 is 27.3 Å². The van der Waals surface area contributed by atoms with E-state index in [0.29, 0.717) is 5.56 Å². The maximum Gasteiger partial charge on any atom is 0.257 e. The van der Waals surface area contributed by atoms with Crippen LogP contribution in [-0.2, 0) is 12.8 Å². The van der Waals surface area contributed by atoms with E-state index in [2.05, 4.69) is 26.2 Å². The van der Waals surface area contributed by atoms with Crippen LogP contribution < -0.4 is 5.32 Å². The van der Waals surface area contributed by atoms with E-state index in [9.17, 15) is 4.79 Å². The van der Waals surface area contributed by atoms with Gasteiger partial charge in [0.05, 0.1) is 5.69 Å². The van der Waals surface area contributed by atoms with Gasteiger partial charge in [-0.1, -0.05) is 15.9 Å². The highest BCUT2D eigenvalue weighted by Crippen LogP contribution is 2.29. The minimum atomic E-state index is -0.0910. The summed E-state index contributed by atoms with van der Waals surface area (Å²) in [5.41, 5.74) is 2.89. The van der Waals surface area contributed by atoms with Crippen molar-refractivity contribution < 1.29 is 4.79 Å². The van der Waals surface area contributed by atoms with Crippen LogP contribution in [0.1, 0.15) is 39.3 Å². The summed E-state index contributed by atoms with van der Waals surface area (Å²) >= 11 is 5.06. The largest absolute Gasteiger partial charge is 0.298 e. The van der Waals surface area contributed by atoms with Gasteiger partial charge in [-0.25, -0.2) is 4.98 Å². The van der Waals surface area contributed by atoms with Crippen LogP contribution in [0, 0.1) is 6.92 Å². The molecule has 0 aliphatic heterocycles. The molecule has 1 aromatic heterocycles. The van der Waals surface area contributed by atoms with Crippen molar-refractivity contribution >= 4 is 38.3 Å². The number of anilines is 1. The third kappa shape index (κ3) is 2.79. The first kappa shape index (κ1) is 13.8. The lowest BCUT2D eigenvalue weighted by Gasteiger charge is -2.06. The molecule has 2 aromatic rings. The number of nitrogens with zero attached hydrogens (tertiary/aromatic N) is 1. The Morgan fingerprint density at radius 2 is 2.15 bits per heavy atom. The van der Waals surface area contributed by atoms with Crippen LogP contribution in [-0.4, -0.2) is 10.9 Å². The molecule has 1 amide bonds. The molecule has 1 N–H and O–H groups in total. The first-order valence-corrected chi connectivity index (χ1v) is 8.30. The Morgan fingerprint density at radius 1 is 1.35 bits per heavy atom. The lowest BCUT2D eigenvalue weighted by molar-refractivity contribution is 0.102. The second kappa shape index (κ2) is 5.66. The van der Waals surface area contributed by atoms with Crippen molar-refractivity contribution in [3.63, 3.8) is 0 Å². The Labute approximate surface area is 130 Å². The fourth-order valence-corrected chi connectivity index (χ4v) is 3.65. The molecule has 0 fully saturated rings. The number of aryl methyl sites for hydroxylation is 3. The van der Waals surface area contributed by atoms with Gasteiger partial charge in [-0.15, -0.1) is 11.3 Å². The van der Waals surface area contributed by atoms with Crippen molar-refractivity contribution in [3.8, 4) is 0 Å². The first-order valence-electron chi connectivity index (χ1n) is 6.69. The Hall–Kier alpha value is -1.20. The second-order valence-corrected chi connectivity index (χ2v) is 6.95. The summed E-state index contributed by atoms with van der Waals surface area (Å²) in [7, 11) is 0. The number of rotatable bonds is 2. The van der Waals surface area contributed by atoms with Gasteiger partial charge in [0.25, 0.3) is 5.91 Å². The lowest BCUT2D eigenvalue weighted by atomic mass is 10.0. The molecule has 104 valence electrons. The van der Waals surface area contributed by atoms with E-state index in [0.717, 1.165) is 28.0 Å². The van der Waals surface area contributed by atoms with Crippen molar-refractivity contribution in [2.45, 2.75) is 32.6 Å². The van der Waals surface area contributed by atoms with Crippen LogP contribution in [0.5, 0.6) is 0 Å².